The molecule has 0 spiro atoms. The molecule has 0 aromatic carbocycles. The van der Waals surface area contributed by atoms with Crippen LogP contribution in [0.2, 0.25) is 0 Å². The Labute approximate surface area is 111 Å². The van der Waals surface area contributed by atoms with E-state index in [-0.39, 0.29) is 0 Å². The molecule has 4 heteroatoms. The van der Waals surface area contributed by atoms with Gasteiger partial charge in [0.05, 0.1) is 6.54 Å². The second kappa shape index (κ2) is 6.53. The van der Waals surface area contributed by atoms with Gasteiger partial charge >= 0.3 is 0 Å². The smallest absolute Gasteiger partial charge is 0.236 e. The predicted molar refractivity (Wildman–Crippen MR) is 73.5 cm³/mol. The first-order valence-corrected chi connectivity index (χ1v) is 7.35. The number of hydrogen-bond donors (Lipinski definition) is 1. The standard InChI is InChI=1S/C14H27N3O/c1-12-5-8-17(9-6-12)14(18)11-16(2)13-4-3-7-15-10-13/h12-13,15H,3-11H2,1-2H3. The summed E-state index contributed by atoms with van der Waals surface area (Å²) < 4.78 is 0. The average Bonchev–Trinajstić information content (AvgIpc) is 2.40. The third kappa shape index (κ3) is 3.69. The first-order valence-electron chi connectivity index (χ1n) is 7.35. The number of rotatable bonds is 3. The van der Waals surface area contributed by atoms with Crippen LogP contribution in [0.15, 0.2) is 0 Å². The Hall–Kier alpha value is -0.610. The summed E-state index contributed by atoms with van der Waals surface area (Å²) in [5, 5.41) is 3.41. The molecular formula is C14H27N3O. The Kier molecular flexibility index (Phi) is 5.01. The van der Waals surface area contributed by atoms with Gasteiger partial charge in [-0.1, -0.05) is 6.92 Å². The molecule has 2 aliphatic heterocycles. The van der Waals surface area contributed by atoms with E-state index in [1.807, 2.05) is 4.90 Å². The van der Waals surface area contributed by atoms with Gasteiger partial charge in [0.2, 0.25) is 5.91 Å². The molecular weight excluding hydrogens is 226 g/mol. The van der Waals surface area contributed by atoms with Crippen molar-refractivity contribution >= 4 is 5.91 Å². The third-order valence-electron chi connectivity index (χ3n) is 4.42. The summed E-state index contributed by atoms with van der Waals surface area (Å²) in [5.74, 6) is 1.10. The fourth-order valence-corrected chi connectivity index (χ4v) is 2.91. The van der Waals surface area contributed by atoms with Crippen molar-refractivity contribution < 1.29 is 4.79 Å². The first kappa shape index (κ1) is 13.8. The number of hydrogen-bond acceptors (Lipinski definition) is 3. The molecule has 18 heavy (non-hydrogen) atoms. The van der Waals surface area contributed by atoms with Gasteiger partial charge in [-0.3, -0.25) is 9.69 Å². The van der Waals surface area contributed by atoms with Crippen LogP contribution in [0.1, 0.15) is 32.6 Å². The molecule has 1 atom stereocenters. The largest absolute Gasteiger partial charge is 0.342 e. The van der Waals surface area contributed by atoms with Crippen molar-refractivity contribution in [3.63, 3.8) is 0 Å². The van der Waals surface area contributed by atoms with Gasteiger partial charge in [0.15, 0.2) is 0 Å². The van der Waals surface area contributed by atoms with Crippen LogP contribution in [-0.4, -0.2) is 61.5 Å². The minimum Gasteiger partial charge on any atom is -0.342 e. The Bertz CT molecular complexity index is 268. The fraction of sp³-hybridized carbons (Fsp3) is 0.929. The summed E-state index contributed by atoms with van der Waals surface area (Å²) in [6, 6.07) is 0.534. The van der Waals surface area contributed by atoms with E-state index in [2.05, 4.69) is 24.2 Å². The molecule has 104 valence electrons. The van der Waals surface area contributed by atoms with E-state index in [1.54, 1.807) is 0 Å². The predicted octanol–water partition coefficient (Wildman–Crippen LogP) is 0.929. The number of amides is 1. The van der Waals surface area contributed by atoms with Crippen LogP contribution in [0.5, 0.6) is 0 Å². The topological polar surface area (TPSA) is 35.6 Å². The lowest BCUT2D eigenvalue weighted by Crippen LogP contribution is -2.49. The molecule has 4 nitrogen and oxygen atoms in total. The molecule has 1 unspecified atom stereocenters. The number of carbonyl (C=O) groups excluding carboxylic acids is 1. The lowest BCUT2D eigenvalue weighted by molar-refractivity contribution is -0.134. The van der Waals surface area contributed by atoms with Gasteiger partial charge in [0.1, 0.15) is 0 Å². The second-order valence-corrected chi connectivity index (χ2v) is 5.98. The molecule has 2 saturated heterocycles. The summed E-state index contributed by atoms with van der Waals surface area (Å²) in [4.78, 5) is 16.5. The first-order chi connectivity index (χ1) is 8.66. The number of carbonyl (C=O) groups is 1. The Balaban J connectivity index is 1.75. The van der Waals surface area contributed by atoms with Crippen molar-refractivity contribution in [2.45, 2.75) is 38.6 Å². The van der Waals surface area contributed by atoms with Crippen LogP contribution in [0.4, 0.5) is 0 Å². The maximum Gasteiger partial charge on any atom is 0.236 e. The highest BCUT2D eigenvalue weighted by Crippen LogP contribution is 2.16. The van der Waals surface area contributed by atoms with Crippen molar-refractivity contribution in [1.82, 2.24) is 15.1 Å². The van der Waals surface area contributed by atoms with E-state index in [0.717, 1.165) is 32.1 Å². The minimum atomic E-state index is 0.315. The highest BCUT2D eigenvalue weighted by atomic mass is 16.2. The van der Waals surface area contributed by atoms with Crippen molar-refractivity contribution in [3.8, 4) is 0 Å². The maximum absolute atomic E-state index is 12.2. The Morgan fingerprint density at radius 2 is 2.06 bits per heavy atom. The van der Waals surface area contributed by atoms with E-state index in [9.17, 15) is 4.79 Å². The van der Waals surface area contributed by atoms with E-state index >= 15 is 0 Å². The molecule has 2 aliphatic rings. The number of likely N-dealkylation sites (N-methyl/N-ethyl adjacent to an activating group) is 1. The molecule has 0 radical (unpaired) electrons. The molecule has 2 heterocycles. The summed E-state index contributed by atoms with van der Waals surface area (Å²) in [7, 11) is 2.09. The molecule has 1 amide bonds. The number of nitrogens with one attached hydrogen (secondary N) is 1. The third-order valence-corrected chi connectivity index (χ3v) is 4.42. The van der Waals surface area contributed by atoms with Crippen LogP contribution in [0.25, 0.3) is 0 Å². The number of nitrogens with zero attached hydrogens (tertiary/aromatic N) is 2. The van der Waals surface area contributed by atoms with E-state index < -0.39 is 0 Å². The lowest BCUT2D eigenvalue weighted by atomic mass is 9.99. The van der Waals surface area contributed by atoms with Gasteiger partial charge in [-0.15, -0.1) is 0 Å². The molecule has 0 bridgehead atoms. The maximum atomic E-state index is 12.2. The number of likely N-dealkylation sites (tertiary alicyclic amines) is 1. The zero-order valence-corrected chi connectivity index (χ0v) is 11.8. The van der Waals surface area contributed by atoms with Crippen molar-refractivity contribution in [2.75, 3.05) is 39.8 Å². The molecule has 0 saturated carbocycles. The van der Waals surface area contributed by atoms with Crippen LogP contribution >= 0.6 is 0 Å². The molecule has 1 N–H and O–H groups in total. The SMILES string of the molecule is CC1CCN(C(=O)CN(C)C2CCCNC2)CC1. The summed E-state index contributed by atoms with van der Waals surface area (Å²) in [5.41, 5.74) is 0. The normalized spacial score (nSPS) is 26.6. The monoisotopic (exact) mass is 253 g/mol. The van der Waals surface area contributed by atoms with E-state index in [1.165, 1.54) is 25.7 Å². The fourth-order valence-electron chi connectivity index (χ4n) is 2.91. The van der Waals surface area contributed by atoms with Crippen molar-refractivity contribution in [3.05, 3.63) is 0 Å². The average molecular weight is 253 g/mol. The molecule has 0 aromatic heterocycles. The number of piperidine rings is 2. The molecule has 0 aromatic rings. The van der Waals surface area contributed by atoms with Gasteiger partial charge in [0, 0.05) is 25.7 Å². The van der Waals surface area contributed by atoms with Crippen LogP contribution in [0, 0.1) is 5.92 Å². The Morgan fingerprint density at radius 1 is 1.33 bits per heavy atom. The van der Waals surface area contributed by atoms with Gasteiger partial charge in [-0.25, -0.2) is 0 Å². The Morgan fingerprint density at radius 3 is 2.67 bits per heavy atom. The quantitative estimate of drug-likeness (QED) is 0.813. The minimum absolute atomic E-state index is 0.315. The molecule has 2 fully saturated rings. The van der Waals surface area contributed by atoms with E-state index in [0.29, 0.717) is 18.5 Å². The zero-order chi connectivity index (χ0) is 13.0. The lowest BCUT2D eigenvalue weighted by Gasteiger charge is -2.35. The zero-order valence-electron chi connectivity index (χ0n) is 11.8. The highest BCUT2D eigenvalue weighted by molar-refractivity contribution is 5.78. The summed E-state index contributed by atoms with van der Waals surface area (Å²) >= 11 is 0. The van der Waals surface area contributed by atoms with Crippen LogP contribution in [0.3, 0.4) is 0 Å². The van der Waals surface area contributed by atoms with Crippen molar-refractivity contribution in [1.29, 1.82) is 0 Å². The van der Waals surface area contributed by atoms with Gasteiger partial charge < -0.3 is 10.2 Å². The van der Waals surface area contributed by atoms with Crippen LogP contribution < -0.4 is 5.32 Å². The second-order valence-electron chi connectivity index (χ2n) is 5.98. The molecule has 2 rings (SSSR count). The summed E-state index contributed by atoms with van der Waals surface area (Å²) in [6.07, 6.45) is 4.78. The van der Waals surface area contributed by atoms with Crippen molar-refractivity contribution in [2.24, 2.45) is 5.92 Å². The van der Waals surface area contributed by atoms with Gasteiger partial charge in [0.25, 0.3) is 0 Å². The van der Waals surface area contributed by atoms with Gasteiger partial charge in [-0.2, -0.15) is 0 Å². The van der Waals surface area contributed by atoms with Gasteiger partial charge in [-0.05, 0) is 45.2 Å². The highest BCUT2D eigenvalue weighted by Gasteiger charge is 2.24. The van der Waals surface area contributed by atoms with E-state index in [4.69, 9.17) is 0 Å². The summed E-state index contributed by atoms with van der Waals surface area (Å²) in [6.45, 7) is 6.93. The van der Waals surface area contributed by atoms with Crippen LogP contribution in [-0.2, 0) is 4.79 Å². The molecule has 0 aliphatic carbocycles.